The molecule has 3 rings (SSSR count). The number of anilines is 2. The fourth-order valence-corrected chi connectivity index (χ4v) is 3.16. The molecule has 1 heterocycles. The number of amides is 2. The molecule has 0 bridgehead atoms. The van der Waals surface area contributed by atoms with Crippen LogP contribution in [0.25, 0.3) is 11.3 Å². The maximum Gasteiger partial charge on any atom is 0.270 e. The number of carbonyl (C=O) groups is 2. The molecule has 0 spiro atoms. The molecular formula is C20H17N5O4S. The van der Waals surface area contributed by atoms with Crippen molar-refractivity contribution in [3.05, 3.63) is 70.8 Å². The van der Waals surface area contributed by atoms with E-state index in [2.05, 4.69) is 20.8 Å². The van der Waals surface area contributed by atoms with E-state index in [1.165, 1.54) is 30.8 Å². The number of nitro groups is 1. The van der Waals surface area contributed by atoms with Gasteiger partial charge in [-0.25, -0.2) is 0 Å². The van der Waals surface area contributed by atoms with E-state index in [4.69, 9.17) is 0 Å². The third-order valence-corrected chi connectivity index (χ3v) is 4.73. The van der Waals surface area contributed by atoms with Crippen molar-refractivity contribution in [2.24, 2.45) is 0 Å². The van der Waals surface area contributed by atoms with E-state index in [-0.39, 0.29) is 23.3 Å². The Bertz CT molecular complexity index is 1090. The topological polar surface area (TPSA) is 127 Å². The zero-order valence-corrected chi connectivity index (χ0v) is 16.7. The average molecular weight is 423 g/mol. The van der Waals surface area contributed by atoms with Gasteiger partial charge in [0.1, 0.15) is 5.03 Å². The van der Waals surface area contributed by atoms with Crippen molar-refractivity contribution in [3.8, 4) is 11.3 Å². The molecular weight excluding hydrogens is 406 g/mol. The molecule has 30 heavy (non-hydrogen) atoms. The number of non-ortho nitro benzene ring substituents is 1. The molecule has 9 nitrogen and oxygen atoms in total. The molecule has 0 aliphatic rings. The van der Waals surface area contributed by atoms with Gasteiger partial charge in [-0.05, 0) is 30.3 Å². The molecule has 0 aliphatic heterocycles. The van der Waals surface area contributed by atoms with Gasteiger partial charge in [0.25, 0.3) is 5.69 Å². The van der Waals surface area contributed by atoms with Gasteiger partial charge in [-0.1, -0.05) is 30.0 Å². The summed E-state index contributed by atoms with van der Waals surface area (Å²) in [6.07, 6.45) is 0. The van der Waals surface area contributed by atoms with E-state index < -0.39 is 4.92 Å². The van der Waals surface area contributed by atoms with E-state index in [0.717, 1.165) is 0 Å². The van der Waals surface area contributed by atoms with E-state index in [9.17, 15) is 19.7 Å². The van der Waals surface area contributed by atoms with E-state index in [0.29, 0.717) is 27.7 Å². The van der Waals surface area contributed by atoms with Crippen molar-refractivity contribution in [1.29, 1.82) is 0 Å². The summed E-state index contributed by atoms with van der Waals surface area (Å²) in [4.78, 5) is 33.7. The van der Waals surface area contributed by atoms with Crippen LogP contribution in [0.5, 0.6) is 0 Å². The van der Waals surface area contributed by atoms with Crippen molar-refractivity contribution in [3.63, 3.8) is 0 Å². The predicted molar refractivity (Wildman–Crippen MR) is 114 cm³/mol. The van der Waals surface area contributed by atoms with Crippen LogP contribution in [-0.2, 0) is 9.59 Å². The van der Waals surface area contributed by atoms with Crippen LogP contribution >= 0.6 is 11.8 Å². The standard InChI is InChI=1S/C20H17N5O4S/c1-13(26)21-15-5-3-6-16(11-15)22-19(27)12-30-20-9-8-18(23-24-20)14-4-2-7-17(10-14)25(28)29/h2-11H,12H2,1H3,(H,21,26)(H,22,27). The average Bonchev–Trinajstić information content (AvgIpc) is 2.72. The maximum absolute atomic E-state index is 12.2. The minimum Gasteiger partial charge on any atom is -0.326 e. The zero-order valence-electron chi connectivity index (χ0n) is 15.9. The summed E-state index contributed by atoms with van der Waals surface area (Å²) in [6.45, 7) is 1.41. The fraction of sp³-hybridized carbons (Fsp3) is 0.100. The Hall–Kier alpha value is -3.79. The Morgan fingerprint density at radius 2 is 1.73 bits per heavy atom. The highest BCUT2D eigenvalue weighted by atomic mass is 32.2. The molecule has 2 amide bonds. The van der Waals surface area contributed by atoms with Gasteiger partial charge in [0.2, 0.25) is 11.8 Å². The molecule has 10 heteroatoms. The minimum atomic E-state index is -0.467. The molecule has 2 aromatic carbocycles. The van der Waals surface area contributed by atoms with Crippen molar-refractivity contribution >= 4 is 40.6 Å². The first-order chi connectivity index (χ1) is 14.4. The van der Waals surface area contributed by atoms with Gasteiger partial charge in [-0.2, -0.15) is 0 Å². The number of hydrogen-bond acceptors (Lipinski definition) is 7. The first-order valence-electron chi connectivity index (χ1n) is 8.79. The molecule has 0 unspecified atom stereocenters. The van der Waals surface area contributed by atoms with Crippen LogP contribution in [0.1, 0.15) is 6.92 Å². The fourth-order valence-electron chi connectivity index (χ4n) is 2.54. The lowest BCUT2D eigenvalue weighted by Crippen LogP contribution is -2.14. The van der Waals surface area contributed by atoms with Crippen molar-refractivity contribution < 1.29 is 14.5 Å². The maximum atomic E-state index is 12.2. The number of hydrogen-bond donors (Lipinski definition) is 2. The number of rotatable bonds is 7. The van der Waals surface area contributed by atoms with Crippen LogP contribution in [0.3, 0.4) is 0 Å². The van der Waals surface area contributed by atoms with Crippen LogP contribution in [0.15, 0.2) is 65.7 Å². The van der Waals surface area contributed by atoms with E-state index in [1.54, 1.807) is 48.5 Å². The summed E-state index contributed by atoms with van der Waals surface area (Å²) < 4.78 is 0. The van der Waals surface area contributed by atoms with E-state index >= 15 is 0 Å². The Labute approximate surface area is 176 Å². The Balaban J connectivity index is 1.57. The predicted octanol–water partition coefficient (Wildman–Crippen LogP) is 3.74. The molecule has 3 aromatic rings. The molecule has 0 atom stereocenters. The summed E-state index contributed by atoms with van der Waals surface area (Å²) in [6, 6.07) is 16.4. The number of aromatic nitrogens is 2. The normalized spacial score (nSPS) is 10.3. The van der Waals surface area contributed by atoms with Gasteiger partial charge in [-0.3, -0.25) is 19.7 Å². The highest BCUT2D eigenvalue weighted by Crippen LogP contribution is 2.23. The van der Waals surface area contributed by atoms with Crippen LogP contribution in [0.2, 0.25) is 0 Å². The number of benzene rings is 2. The van der Waals surface area contributed by atoms with Crippen molar-refractivity contribution in [1.82, 2.24) is 10.2 Å². The third kappa shape index (κ3) is 5.85. The second-order valence-corrected chi connectivity index (χ2v) is 7.16. The van der Waals surface area contributed by atoms with Gasteiger partial charge in [0, 0.05) is 36.0 Å². The van der Waals surface area contributed by atoms with Crippen molar-refractivity contribution in [2.75, 3.05) is 16.4 Å². The van der Waals surface area contributed by atoms with Crippen LogP contribution < -0.4 is 10.6 Å². The number of thioether (sulfide) groups is 1. The van der Waals surface area contributed by atoms with Gasteiger partial charge in [0.05, 0.1) is 16.4 Å². The molecule has 0 aliphatic carbocycles. The van der Waals surface area contributed by atoms with Gasteiger partial charge in [0.15, 0.2) is 0 Å². The Morgan fingerprint density at radius 3 is 2.40 bits per heavy atom. The molecule has 1 aromatic heterocycles. The molecule has 2 N–H and O–H groups in total. The largest absolute Gasteiger partial charge is 0.326 e. The summed E-state index contributed by atoms with van der Waals surface area (Å²) in [5.41, 5.74) is 2.23. The quantitative estimate of drug-likeness (QED) is 0.337. The van der Waals surface area contributed by atoms with Crippen molar-refractivity contribution in [2.45, 2.75) is 11.9 Å². The van der Waals surface area contributed by atoms with Gasteiger partial charge < -0.3 is 10.6 Å². The van der Waals surface area contributed by atoms with Crippen LogP contribution in [0, 0.1) is 10.1 Å². The Kier molecular flexibility index (Phi) is 6.71. The van der Waals surface area contributed by atoms with Gasteiger partial charge >= 0.3 is 0 Å². The Morgan fingerprint density at radius 1 is 1.00 bits per heavy atom. The molecule has 0 saturated carbocycles. The second kappa shape index (κ2) is 9.61. The molecule has 152 valence electrons. The number of nitrogens with zero attached hydrogens (tertiary/aromatic N) is 3. The lowest BCUT2D eigenvalue weighted by atomic mass is 10.1. The van der Waals surface area contributed by atoms with Gasteiger partial charge in [-0.15, -0.1) is 10.2 Å². The van der Waals surface area contributed by atoms with Crippen LogP contribution in [0.4, 0.5) is 17.1 Å². The third-order valence-electron chi connectivity index (χ3n) is 3.81. The highest BCUT2D eigenvalue weighted by molar-refractivity contribution is 7.99. The molecule has 0 fully saturated rings. The summed E-state index contributed by atoms with van der Waals surface area (Å²) >= 11 is 1.21. The molecule has 0 radical (unpaired) electrons. The SMILES string of the molecule is CC(=O)Nc1cccc(NC(=O)CSc2ccc(-c3cccc([N+](=O)[O-])c3)nn2)c1. The highest BCUT2D eigenvalue weighted by Gasteiger charge is 2.10. The minimum absolute atomic E-state index is 0.0213. The van der Waals surface area contributed by atoms with Crippen LogP contribution in [-0.4, -0.2) is 32.7 Å². The monoisotopic (exact) mass is 423 g/mol. The van der Waals surface area contributed by atoms with E-state index in [1.807, 2.05) is 0 Å². The summed E-state index contributed by atoms with van der Waals surface area (Å²) in [5.74, 6) is -0.305. The smallest absolute Gasteiger partial charge is 0.270 e. The molecule has 0 saturated heterocycles. The number of nitrogens with one attached hydrogen (secondary N) is 2. The second-order valence-electron chi connectivity index (χ2n) is 6.16. The lowest BCUT2D eigenvalue weighted by Gasteiger charge is -2.07. The first-order valence-corrected chi connectivity index (χ1v) is 9.78. The lowest BCUT2D eigenvalue weighted by molar-refractivity contribution is -0.384. The number of carbonyl (C=O) groups excluding carboxylic acids is 2. The summed E-state index contributed by atoms with van der Waals surface area (Å²) in [5, 5.41) is 25.0. The number of nitro benzene ring substituents is 1. The zero-order chi connectivity index (χ0) is 21.5. The first kappa shape index (κ1) is 20.9. The summed E-state index contributed by atoms with van der Waals surface area (Å²) in [7, 11) is 0.